The van der Waals surface area contributed by atoms with Crippen molar-refractivity contribution >= 4 is 14.7 Å². The molecule has 0 spiro atoms. The van der Waals surface area contributed by atoms with Crippen LogP contribution in [0, 0.1) is 13.8 Å². The number of unbranched alkanes of at least 4 members (excludes halogenated alkanes) is 2. The number of hydrogen-bond acceptors (Lipinski definition) is 0. The molecule has 0 radical (unpaired) electrons. The summed E-state index contributed by atoms with van der Waals surface area (Å²) in [6.45, 7) is 11.4. The molecule has 1 aliphatic carbocycles. The van der Waals surface area contributed by atoms with Gasteiger partial charge in [-0.25, -0.2) is 0 Å². The molecule has 0 saturated carbocycles. The van der Waals surface area contributed by atoms with Crippen LogP contribution in [0.1, 0.15) is 57.6 Å². The van der Waals surface area contributed by atoms with E-state index in [-0.39, 0.29) is 9.52 Å². The van der Waals surface area contributed by atoms with Gasteiger partial charge in [-0.05, 0) is 46.1 Å². The molecule has 2 rings (SSSR count). The van der Waals surface area contributed by atoms with Crippen molar-refractivity contribution in [1.82, 2.24) is 0 Å². The SMILES string of the molecule is CCCCCC1=C(C)C=C(C)C1[SiH2]c1cc(C)cc(C)c1. The monoisotopic (exact) mass is 298 g/mol. The Hall–Kier alpha value is -1.08. The van der Waals surface area contributed by atoms with Gasteiger partial charge in [0, 0.05) is 0 Å². The number of allylic oxidation sites excluding steroid dienone is 4. The van der Waals surface area contributed by atoms with E-state index in [9.17, 15) is 0 Å². The Kier molecular flexibility index (Phi) is 5.63. The molecular formula is C20H30Si. The van der Waals surface area contributed by atoms with Gasteiger partial charge in [-0.2, -0.15) is 0 Å². The standard InChI is InChI=1S/C20H30Si/c1-6-7-8-9-19-16(4)13-17(5)20(19)21-18-11-14(2)10-15(3)12-18/h10-13,20H,6-9,21H2,1-5H3. The summed E-state index contributed by atoms with van der Waals surface area (Å²) in [6, 6.07) is 7.13. The van der Waals surface area contributed by atoms with Crippen LogP contribution in [0.5, 0.6) is 0 Å². The smallest absolute Gasteiger partial charge is 0.0671 e. The van der Waals surface area contributed by atoms with E-state index in [0.717, 1.165) is 5.54 Å². The first-order valence-electron chi connectivity index (χ1n) is 8.46. The molecule has 1 heteroatoms. The first-order valence-corrected chi connectivity index (χ1v) is 9.98. The van der Waals surface area contributed by atoms with Gasteiger partial charge in [-0.3, -0.25) is 0 Å². The first kappa shape index (κ1) is 16.3. The molecule has 0 fully saturated rings. The zero-order valence-electron chi connectivity index (χ0n) is 14.4. The summed E-state index contributed by atoms with van der Waals surface area (Å²) in [4.78, 5) is 0. The summed E-state index contributed by atoms with van der Waals surface area (Å²) < 4.78 is 0. The van der Waals surface area contributed by atoms with Crippen LogP contribution in [0.4, 0.5) is 0 Å². The summed E-state index contributed by atoms with van der Waals surface area (Å²) in [6.07, 6.45) is 7.81. The third-order valence-corrected chi connectivity index (χ3v) is 7.12. The molecule has 1 unspecified atom stereocenters. The molecular weight excluding hydrogens is 268 g/mol. The quantitative estimate of drug-likeness (QED) is 0.525. The maximum absolute atomic E-state index is 2.45. The van der Waals surface area contributed by atoms with Crippen LogP contribution in [0.15, 0.2) is 41.0 Å². The summed E-state index contributed by atoms with van der Waals surface area (Å²) >= 11 is 0. The molecule has 0 aliphatic heterocycles. The minimum absolute atomic E-state index is 0.265. The number of rotatable bonds is 6. The Balaban J connectivity index is 2.14. The van der Waals surface area contributed by atoms with Crippen molar-refractivity contribution in [2.75, 3.05) is 0 Å². The van der Waals surface area contributed by atoms with Gasteiger partial charge >= 0.3 is 0 Å². The maximum Gasteiger partial charge on any atom is 0.0671 e. The van der Waals surface area contributed by atoms with Crippen molar-refractivity contribution in [2.45, 2.75) is 65.8 Å². The second kappa shape index (κ2) is 7.26. The maximum atomic E-state index is 2.45. The molecule has 0 bridgehead atoms. The molecule has 0 nitrogen and oxygen atoms in total. The highest BCUT2D eigenvalue weighted by atomic mass is 28.2. The van der Waals surface area contributed by atoms with Crippen LogP contribution < -0.4 is 5.19 Å². The highest BCUT2D eigenvalue weighted by Crippen LogP contribution is 2.38. The minimum atomic E-state index is -0.265. The van der Waals surface area contributed by atoms with E-state index in [1.807, 2.05) is 0 Å². The van der Waals surface area contributed by atoms with E-state index in [1.165, 1.54) is 36.8 Å². The lowest BCUT2D eigenvalue weighted by Gasteiger charge is -2.18. The van der Waals surface area contributed by atoms with Gasteiger partial charge in [0.25, 0.3) is 0 Å². The van der Waals surface area contributed by atoms with Gasteiger partial charge in [0.1, 0.15) is 0 Å². The lowest BCUT2D eigenvalue weighted by Crippen LogP contribution is -2.21. The van der Waals surface area contributed by atoms with Crippen LogP contribution in [0.3, 0.4) is 0 Å². The Morgan fingerprint density at radius 2 is 1.62 bits per heavy atom. The predicted octanol–water partition coefficient (Wildman–Crippen LogP) is 4.74. The molecule has 0 N–H and O–H groups in total. The molecule has 0 amide bonds. The van der Waals surface area contributed by atoms with Crippen LogP contribution >= 0.6 is 0 Å². The van der Waals surface area contributed by atoms with E-state index >= 15 is 0 Å². The topological polar surface area (TPSA) is 0 Å². The van der Waals surface area contributed by atoms with Crippen molar-refractivity contribution in [3.8, 4) is 0 Å². The molecule has 0 saturated heterocycles. The molecule has 1 atom stereocenters. The molecule has 21 heavy (non-hydrogen) atoms. The zero-order valence-corrected chi connectivity index (χ0v) is 15.8. The Morgan fingerprint density at radius 1 is 0.952 bits per heavy atom. The second-order valence-electron chi connectivity index (χ2n) is 6.81. The fourth-order valence-corrected chi connectivity index (χ4v) is 6.29. The molecule has 1 aromatic carbocycles. The molecule has 1 aliphatic rings. The fraction of sp³-hybridized carbons (Fsp3) is 0.500. The Morgan fingerprint density at radius 3 is 2.24 bits per heavy atom. The average molecular weight is 299 g/mol. The van der Waals surface area contributed by atoms with E-state index in [0.29, 0.717) is 0 Å². The largest absolute Gasteiger partial charge is 0.0689 e. The molecule has 114 valence electrons. The van der Waals surface area contributed by atoms with Crippen molar-refractivity contribution in [2.24, 2.45) is 0 Å². The van der Waals surface area contributed by atoms with E-state index in [2.05, 4.69) is 58.9 Å². The normalized spacial score (nSPS) is 18.9. The molecule has 0 heterocycles. The van der Waals surface area contributed by atoms with Gasteiger partial charge < -0.3 is 0 Å². The third kappa shape index (κ3) is 4.20. The van der Waals surface area contributed by atoms with Crippen LogP contribution in [0.2, 0.25) is 5.54 Å². The molecule has 0 aromatic heterocycles. The lowest BCUT2D eigenvalue weighted by molar-refractivity contribution is 0.704. The van der Waals surface area contributed by atoms with Crippen LogP contribution in [-0.4, -0.2) is 9.52 Å². The number of hydrogen-bond donors (Lipinski definition) is 0. The zero-order chi connectivity index (χ0) is 15.4. The fourth-order valence-electron chi connectivity index (χ4n) is 3.73. The van der Waals surface area contributed by atoms with E-state index < -0.39 is 0 Å². The summed E-state index contributed by atoms with van der Waals surface area (Å²) in [5.41, 5.74) is 8.56. The van der Waals surface area contributed by atoms with Crippen molar-refractivity contribution in [3.63, 3.8) is 0 Å². The van der Waals surface area contributed by atoms with Gasteiger partial charge in [0.2, 0.25) is 0 Å². The van der Waals surface area contributed by atoms with E-state index in [1.54, 1.807) is 21.9 Å². The highest BCUT2D eigenvalue weighted by Gasteiger charge is 2.23. The van der Waals surface area contributed by atoms with Crippen molar-refractivity contribution in [3.05, 3.63) is 52.1 Å². The highest BCUT2D eigenvalue weighted by molar-refractivity contribution is 6.56. The lowest BCUT2D eigenvalue weighted by atomic mass is 10.0. The Bertz CT molecular complexity index is 543. The van der Waals surface area contributed by atoms with Crippen molar-refractivity contribution < 1.29 is 0 Å². The van der Waals surface area contributed by atoms with Gasteiger partial charge in [-0.1, -0.05) is 77.1 Å². The molecule has 1 aromatic rings. The Labute approximate surface area is 133 Å². The minimum Gasteiger partial charge on any atom is -0.0689 e. The number of aryl methyl sites for hydroxylation is 2. The van der Waals surface area contributed by atoms with Gasteiger partial charge in [-0.15, -0.1) is 0 Å². The van der Waals surface area contributed by atoms with Crippen LogP contribution in [-0.2, 0) is 0 Å². The first-order chi connectivity index (χ1) is 10.0. The van der Waals surface area contributed by atoms with Gasteiger partial charge in [0.15, 0.2) is 0 Å². The average Bonchev–Trinajstić information content (AvgIpc) is 2.64. The van der Waals surface area contributed by atoms with Gasteiger partial charge in [0.05, 0.1) is 9.52 Å². The van der Waals surface area contributed by atoms with Crippen molar-refractivity contribution in [1.29, 1.82) is 0 Å². The van der Waals surface area contributed by atoms with Crippen LogP contribution in [0.25, 0.3) is 0 Å². The summed E-state index contributed by atoms with van der Waals surface area (Å²) in [5, 5.41) is 1.63. The third-order valence-electron chi connectivity index (χ3n) is 4.69. The summed E-state index contributed by atoms with van der Waals surface area (Å²) in [5.74, 6) is 0. The summed E-state index contributed by atoms with van der Waals surface area (Å²) in [7, 11) is -0.265. The van der Waals surface area contributed by atoms with E-state index in [4.69, 9.17) is 0 Å². The second-order valence-corrected chi connectivity index (χ2v) is 8.85. The predicted molar refractivity (Wildman–Crippen MR) is 98.4 cm³/mol. The number of benzene rings is 1.